The van der Waals surface area contributed by atoms with Gasteiger partial charge in [0, 0.05) is 22.2 Å². The highest BCUT2D eigenvalue weighted by Gasteiger charge is 2.35. The number of fused-ring (bicyclic) bond motifs is 9. The van der Waals surface area contributed by atoms with Crippen molar-refractivity contribution >= 4 is 60.5 Å². The fourth-order valence-electron chi connectivity index (χ4n) is 7.33. The van der Waals surface area contributed by atoms with Crippen molar-refractivity contribution in [2.24, 2.45) is 0 Å². The third kappa shape index (κ3) is 3.47. The molecule has 0 radical (unpaired) electrons. The maximum absolute atomic E-state index is 6.59. The molecule has 9 rings (SSSR count). The van der Waals surface area contributed by atoms with Crippen LogP contribution in [0, 0.1) is 0 Å². The Morgan fingerprint density at radius 1 is 0.488 bits per heavy atom. The van der Waals surface area contributed by atoms with E-state index in [0.717, 1.165) is 39.0 Å². The molecule has 204 valence electrons. The van der Waals surface area contributed by atoms with E-state index >= 15 is 0 Å². The van der Waals surface area contributed by atoms with Gasteiger partial charge in [0.1, 0.15) is 11.2 Å². The monoisotopic (exact) mass is 551 g/mol. The van der Waals surface area contributed by atoms with E-state index in [1.165, 1.54) is 43.8 Å². The first-order valence-corrected chi connectivity index (χ1v) is 14.9. The molecule has 0 spiro atoms. The summed E-state index contributed by atoms with van der Waals surface area (Å²) in [6.45, 7) is 4.68. The maximum atomic E-state index is 6.59. The van der Waals surface area contributed by atoms with Crippen molar-refractivity contribution in [2.75, 3.05) is 4.90 Å². The van der Waals surface area contributed by atoms with Crippen molar-refractivity contribution in [1.82, 2.24) is 0 Å². The minimum Gasteiger partial charge on any atom is -0.456 e. The molecule has 2 nitrogen and oxygen atoms in total. The fraction of sp³-hybridized carbons (Fsp3) is 0.0732. The predicted molar refractivity (Wildman–Crippen MR) is 181 cm³/mol. The molecule has 2 heteroatoms. The smallest absolute Gasteiger partial charge is 0.137 e. The van der Waals surface area contributed by atoms with Crippen LogP contribution in [0.25, 0.3) is 54.6 Å². The van der Waals surface area contributed by atoms with Gasteiger partial charge in [0.2, 0.25) is 0 Å². The van der Waals surface area contributed by atoms with E-state index in [9.17, 15) is 0 Å². The fourth-order valence-corrected chi connectivity index (χ4v) is 7.33. The highest BCUT2D eigenvalue weighted by Crippen LogP contribution is 2.51. The zero-order chi connectivity index (χ0) is 28.7. The summed E-state index contributed by atoms with van der Waals surface area (Å²) < 4.78 is 6.59. The van der Waals surface area contributed by atoms with E-state index in [2.05, 4.69) is 158 Å². The largest absolute Gasteiger partial charge is 0.456 e. The van der Waals surface area contributed by atoms with Crippen LogP contribution in [0.1, 0.15) is 25.0 Å². The Morgan fingerprint density at radius 3 is 2.16 bits per heavy atom. The van der Waals surface area contributed by atoms with Crippen molar-refractivity contribution in [3.05, 3.63) is 151 Å². The molecule has 1 aliphatic rings. The van der Waals surface area contributed by atoms with Crippen LogP contribution in [-0.2, 0) is 5.41 Å². The van der Waals surface area contributed by atoms with Gasteiger partial charge in [-0.2, -0.15) is 0 Å². The molecular weight excluding hydrogens is 522 g/mol. The molecule has 1 aromatic heterocycles. The molecule has 0 fully saturated rings. The molecular formula is C41H29NO. The Morgan fingerprint density at radius 2 is 1.26 bits per heavy atom. The molecule has 0 unspecified atom stereocenters. The Hall–Kier alpha value is -5.34. The third-order valence-electron chi connectivity index (χ3n) is 9.42. The molecule has 0 N–H and O–H groups in total. The zero-order valence-electron chi connectivity index (χ0n) is 24.1. The van der Waals surface area contributed by atoms with Crippen molar-refractivity contribution in [1.29, 1.82) is 0 Å². The van der Waals surface area contributed by atoms with Gasteiger partial charge < -0.3 is 9.32 Å². The lowest BCUT2D eigenvalue weighted by atomic mass is 9.82. The SMILES string of the molecule is CC1(C)c2ccccc2-c2ccc(N(c3ccccc3)c3cccc4oc5cc6c(ccc7ccccc76)cc5c34)cc21. The number of anilines is 3. The molecule has 0 aliphatic heterocycles. The van der Waals surface area contributed by atoms with Gasteiger partial charge in [-0.1, -0.05) is 105 Å². The van der Waals surface area contributed by atoms with Crippen molar-refractivity contribution in [3.63, 3.8) is 0 Å². The Bertz CT molecular complexity index is 2380. The number of hydrogen-bond acceptors (Lipinski definition) is 2. The number of benzene rings is 7. The first-order chi connectivity index (χ1) is 21.1. The average molecular weight is 552 g/mol. The Kier molecular flexibility index (Phi) is 4.99. The van der Waals surface area contributed by atoms with E-state index in [4.69, 9.17) is 4.42 Å². The van der Waals surface area contributed by atoms with Gasteiger partial charge in [-0.25, -0.2) is 0 Å². The summed E-state index contributed by atoms with van der Waals surface area (Å²) in [5.41, 5.74) is 10.5. The van der Waals surface area contributed by atoms with Crippen LogP contribution in [0.4, 0.5) is 17.1 Å². The second kappa shape index (κ2) is 8.83. The van der Waals surface area contributed by atoms with Gasteiger partial charge in [0.15, 0.2) is 0 Å². The second-order valence-corrected chi connectivity index (χ2v) is 12.2. The molecule has 0 saturated carbocycles. The van der Waals surface area contributed by atoms with Crippen LogP contribution in [0.2, 0.25) is 0 Å². The van der Waals surface area contributed by atoms with Crippen LogP contribution >= 0.6 is 0 Å². The van der Waals surface area contributed by atoms with Gasteiger partial charge in [0.05, 0.1) is 11.1 Å². The van der Waals surface area contributed by atoms with Gasteiger partial charge in [0.25, 0.3) is 0 Å². The lowest BCUT2D eigenvalue weighted by Crippen LogP contribution is -2.16. The second-order valence-electron chi connectivity index (χ2n) is 12.2. The summed E-state index contributed by atoms with van der Waals surface area (Å²) in [6.07, 6.45) is 0. The van der Waals surface area contributed by atoms with Gasteiger partial charge in [-0.15, -0.1) is 0 Å². The van der Waals surface area contributed by atoms with Crippen LogP contribution in [-0.4, -0.2) is 0 Å². The third-order valence-corrected chi connectivity index (χ3v) is 9.42. The van der Waals surface area contributed by atoms with E-state index in [-0.39, 0.29) is 5.41 Å². The number of rotatable bonds is 3. The first kappa shape index (κ1) is 24.3. The summed E-state index contributed by atoms with van der Waals surface area (Å²) in [7, 11) is 0. The van der Waals surface area contributed by atoms with Crippen LogP contribution in [0.15, 0.2) is 144 Å². The van der Waals surface area contributed by atoms with E-state index in [1.807, 2.05) is 0 Å². The lowest BCUT2D eigenvalue weighted by Gasteiger charge is -2.28. The van der Waals surface area contributed by atoms with Gasteiger partial charge in [-0.05, 0) is 92.3 Å². The van der Waals surface area contributed by atoms with Crippen LogP contribution in [0.3, 0.4) is 0 Å². The quantitative estimate of drug-likeness (QED) is 0.203. The molecule has 0 bridgehead atoms. The van der Waals surface area contributed by atoms with E-state index < -0.39 is 0 Å². The highest BCUT2D eigenvalue weighted by atomic mass is 16.3. The summed E-state index contributed by atoms with van der Waals surface area (Å²) in [6, 6.07) is 50.4. The Balaban J connectivity index is 1.31. The molecule has 8 aromatic rings. The van der Waals surface area contributed by atoms with E-state index in [1.54, 1.807) is 0 Å². The molecule has 1 aliphatic carbocycles. The molecule has 7 aromatic carbocycles. The number of hydrogen-bond donors (Lipinski definition) is 0. The molecule has 43 heavy (non-hydrogen) atoms. The summed E-state index contributed by atoms with van der Waals surface area (Å²) >= 11 is 0. The summed E-state index contributed by atoms with van der Waals surface area (Å²) in [4.78, 5) is 2.39. The normalized spacial score (nSPS) is 13.5. The maximum Gasteiger partial charge on any atom is 0.137 e. The lowest BCUT2D eigenvalue weighted by molar-refractivity contribution is 0.660. The highest BCUT2D eigenvalue weighted by molar-refractivity contribution is 6.19. The molecule has 0 amide bonds. The predicted octanol–water partition coefficient (Wildman–Crippen LogP) is 11.7. The van der Waals surface area contributed by atoms with Crippen molar-refractivity contribution in [2.45, 2.75) is 19.3 Å². The van der Waals surface area contributed by atoms with Crippen LogP contribution < -0.4 is 4.90 Å². The standard InChI is InChI=1S/C41H29NO/c1-41(2)35-16-9-8-15-31(35)32-22-21-29(24-36(32)41)42(28-12-4-3-5-13-28)37-17-10-18-38-40(37)34-23-27-20-19-26-11-6-7-14-30(26)33(27)25-39(34)43-38/h3-25H,1-2H3. The molecule has 0 atom stereocenters. The number of para-hydroxylation sites is 1. The Labute approximate surface area is 250 Å². The van der Waals surface area contributed by atoms with Gasteiger partial charge in [-0.3, -0.25) is 0 Å². The van der Waals surface area contributed by atoms with E-state index in [0.29, 0.717) is 0 Å². The minimum absolute atomic E-state index is 0.0830. The van der Waals surface area contributed by atoms with Crippen LogP contribution in [0.5, 0.6) is 0 Å². The number of furan rings is 1. The zero-order valence-corrected chi connectivity index (χ0v) is 24.1. The minimum atomic E-state index is -0.0830. The van der Waals surface area contributed by atoms with Crippen molar-refractivity contribution < 1.29 is 4.42 Å². The summed E-state index contributed by atoms with van der Waals surface area (Å²) in [5, 5.41) is 7.17. The van der Waals surface area contributed by atoms with Crippen molar-refractivity contribution in [3.8, 4) is 11.1 Å². The topological polar surface area (TPSA) is 16.4 Å². The number of nitrogens with zero attached hydrogens (tertiary/aromatic N) is 1. The summed E-state index contributed by atoms with van der Waals surface area (Å²) in [5.74, 6) is 0. The first-order valence-electron chi connectivity index (χ1n) is 14.9. The molecule has 0 saturated heterocycles. The van der Waals surface area contributed by atoms with Gasteiger partial charge >= 0.3 is 0 Å². The molecule has 1 heterocycles. The average Bonchev–Trinajstić information content (AvgIpc) is 3.52.